The number of nitrogens with zero attached hydrogens (tertiary/aromatic N) is 1. The Labute approximate surface area is 113 Å². The summed E-state index contributed by atoms with van der Waals surface area (Å²) >= 11 is 0. The average Bonchev–Trinajstić information content (AvgIpc) is 2.37. The van der Waals surface area contributed by atoms with Crippen LogP contribution in [0.15, 0.2) is 30.3 Å². The molecule has 0 aromatic heterocycles. The molecule has 0 radical (unpaired) electrons. The van der Waals surface area contributed by atoms with Crippen LogP contribution in [0.2, 0.25) is 0 Å². The summed E-state index contributed by atoms with van der Waals surface area (Å²) in [6.07, 6.45) is -3.83. The normalized spacial score (nSPS) is 15.8. The molecule has 1 aromatic carbocycles. The number of hydrogen-bond acceptors (Lipinski definition) is 2. The Kier molecular flexibility index (Phi) is 3.87. The molecule has 0 atom stereocenters. The second-order valence-corrected chi connectivity index (χ2v) is 4.25. The largest absolute Gasteiger partial charge is 0.573 e. The number of halogens is 3. The molecule has 7 heteroatoms. The lowest BCUT2D eigenvalue weighted by Gasteiger charge is -2.24. The fraction of sp³-hybridized carbons (Fsp3) is 0.308. The number of benzene rings is 1. The lowest BCUT2D eigenvalue weighted by Crippen LogP contribution is -2.33. The van der Waals surface area contributed by atoms with Gasteiger partial charge in [-0.1, -0.05) is 24.3 Å². The highest BCUT2D eigenvalue weighted by Gasteiger charge is 2.32. The van der Waals surface area contributed by atoms with E-state index in [2.05, 4.69) is 4.74 Å². The van der Waals surface area contributed by atoms with Gasteiger partial charge in [0.15, 0.2) is 0 Å². The predicted octanol–water partition coefficient (Wildman–Crippen LogP) is 3.35. The van der Waals surface area contributed by atoms with Crippen LogP contribution in [0.5, 0.6) is 5.75 Å². The summed E-state index contributed by atoms with van der Waals surface area (Å²) < 4.78 is 41.0. The summed E-state index contributed by atoms with van der Waals surface area (Å²) in [4.78, 5) is 12.0. The highest BCUT2D eigenvalue weighted by atomic mass is 19.4. The number of hydrogen-bond donors (Lipinski definition) is 1. The van der Waals surface area contributed by atoms with E-state index in [0.29, 0.717) is 17.6 Å². The summed E-state index contributed by atoms with van der Waals surface area (Å²) in [6.45, 7) is 0.409. The first kappa shape index (κ1) is 14.2. The molecule has 0 saturated heterocycles. The van der Waals surface area contributed by atoms with Crippen molar-refractivity contribution in [2.45, 2.75) is 12.8 Å². The first-order chi connectivity index (χ1) is 9.37. The lowest BCUT2D eigenvalue weighted by atomic mass is 9.99. The molecule has 1 aromatic rings. The van der Waals surface area contributed by atoms with Gasteiger partial charge in [-0.15, -0.1) is 13.2 Å². The van der Waals surface area contributed by atoms with Gasteiger partial charge in [-0.05, 0) is 18.1 Å². The van der Waals surface area contributed by atoms with E-state index >= 15 is 0 Å². The van der Waals surface area contributed by atoms with Gasteiger partial charge in [0.05, 0.1) is 0 Å². The Morgan fingerprint density at radius 1 is 1.30 bits per heavy atom. The van der Waals surface area contributed by atoms with E-state index in [0.717, 1.165) is 0 Å². The minimum absolute atomic E-state index is 0.158. The molecule has 1 amide bonds. The lowest BCUT2D eigenvalue weighted by molar-refractivity contribution is -0.274. The van der Waals surface area contributed by atoms with Crippen molar-refractivity contribution < 1.29 is 27.8 Å². The van der Waals surface area contributed by atoms with Crippen LogP contribution in [0.25, 0.3) is 5.57 Å². The van der Waals surface area contributed by atoms with Gasteiger partial charge in [-0.2, -0.15) is 0 Å². The molecule has 0 aliphatic carbocycles. The van der Waals surface area contributed by atoms with Gasteiger partial charge in [0.2, 0.25) is 0 Å². The second kappa shape index (κ2) is 5.44. The van der Waals surface area contributed by atoms with E-state index in [1.54, 1.807) is 12.1 Å². The quantitative estimate of drug-likeness (QED) is 0.907. The number of ether oxygens (including phenoxy) is 1. The Morgan fingerprint density at radius 2 is 2.00 bits per heavy atom. The number of carboxylic acid groups (broad SMARTS) is 1. The van der Waals surface area contributed by atoms with Crippen LogP contribution < -0.4 is 4.74 Å². The number of para-hydroxylation sites is 1. The Morgan fingerprint density at radius 3 is 2.55 bits per heavy atom. The fourth-order valence-corrected chi connectivity index (χ4v) is 2.03. The van der Waals surface area contributed by atoms with Gasteiger partial charge in [0.25, 0.3) is 0 Å². The molecule has 0 fully saturated rings. The van der Waals surface area contributed by atoms with Crippen molar-refractivity contribution in [1.29, 1.82) is 0 Å². The van der Waals surface area contributed by atoms with E-state index in [1.807, 2.05) is 0 Å². The molecule has 2 rings (SSSR count). The number of alkyl halides is 3. The number of carbonyl (C=O) groups is 1. The zero-order chi connectivity index (χ0) is 14.8. The molecule has 1 aliphatic heterocycles. The number of amides is 1. The SMILES string of the molecule is O=C(O)N1CC=C(c2ccccc2OC(F)(F)F)CC1. The predicted molar refractivity (Wildman–Crippen MR) is 65.3 cm³/mol. The minimum atomic E-state index is -4.75. The van der Waals surface area contributed by atoms with Crippen molar-refractivity contribution in [2.75, 3.05) is 13.1 Å². The van der Waals surface area contributed by atoms with Gasteiger partial charge in [-0.25, -0.2) is 4.79 Å². The molecule has 20 heavy (non-hydrogen) atoms. The molecular formula is C13H12F3NO3. The third-order valence-corrected chi connectivity index (χ3v) is 2.94. The molecule has 4 nitrogen and oxygen atoms in total. The van der Waals surface area contributed by atoms with E-state index in [4.69, 9.17) is 5.11 Å². The summed E-state index contributed by atoms with van der Waals surface area (Å²) in [5.41, 5.74) is 0.997. The summed E-state index contributed by atoms with van der Waals surface area (Å²) in [5.74, 6) is -0.268. The number of rotatable bonds is 2. The Balaban J connectivity index is 2.23. The Hall–Kier alpha value is -2.18. The molecule has 0 saturated carbocycles. The van der Waals surface area contributed by atoms with Gasteiger partial charge in [0, 0.05) is 18.7 Å². The molecule has 0 unspecified atom stereocenters. The van der Waals surface area contributed by atoms with Crippen LogP contribution in [0.1, 0.15) is 12.0 Å². The fourth-order valence-electron chi connectivity index (χ4n) is 2.03. The first-order valence-corrected chi connectivity index (χ1v) is 5.89. The maximum Gasteiger partial charge on any atom is 0.573 e. The maximum absolute atomic E-state index is 12.3. The third-order valence-electron chi connectivity index (χ3n) is 2.94. The average molecular weight is 287 g/mol. The van der Waals surface area contributed by atoms with Crippen molar-refractivity contribution in [1.82, 2.24) is 4.90 Å². The molecular weight excluding hydrogens is 275 g/mol. The van der Waals surface area contributed by atoms with Crippen LogP contribution in [0.4, 0.5) is 18.0 Å². The van der Waals surface area contributed by atoms with Crippen molar-refractivity contribution in [3.8, 4) is 5.75 Å². The molecule has 1 N–H and O–H groups in total. The standard InChI is InChI=1S/C13H12F3NO3/c14-13(15,16)20-11-4-2-1-3-10(11)9-5-7-17(8-6-9)12(18)19/h1-5H,6-8H2,(H,18,19). The van der Waals surface area contributed by atoms with E-state index in [1.165, 1.54) is 23.1 Å². The smallest absolute Gasteiger partial charge is 0.465 e. The van der Waals surface area contributed by atoms with Crippen LogP contribution in [0, 0.1) is 0 Å². The maximum atomic E-state index is 12.3. The third kappa shape index (κ3) is 3.43. The van der Waals surface area contributed by atoms with Crippen LogP contribution in [-0.4, -0.2) is 35.6 Å². The second-order valence-electron chi connectivity index (χ2n) is 4.25. The summed E-state index contributed by atoms with van der Waals surface area (Å²) in [5, 5.41) is 8.83. The van der Waals surface area contributed by atoms with Gasteiger partial charge in [0.1, 0.15) is 5.75 Å². The van der Waals surface area contributed by atoms with E-state index in [-0.39, 0.29) is 18.8 Å². The van der Waals surface area contributed by atoms with Crippen LogP contribution in [-0.2, 0) is 0 Å². The monoisotopic (exact) mass is 287 g/mol. The van der Waals surface area contributed by atoms with Crippen LogP contribution >= 0.6 is 0 Å². The zero-order valence-electron chi connectivity index (χ0n) is 10.4. The molecule has 0 spiro atoms. The molecule has 1 aliphatic rings. The zero-order valence-corrected chi connectivity index (χ0v) is 10.4. The molecule has 1 heterocycles. The van der Waals surface area contributed by atoms with Crippen molar-refractivity contribution in [2.24, 2.45) is 0 Å². The van der Waals surface area contributed by atoms with Crippen molar-refractivity contribution in [3.05, 3.63) is 35.9 Å². The van der Waals surface area contributed by atoms with Crippen molar-refractivity contribution in [3.63, 3.8) is 0 Å². The highest BCUT2D eigenvalue weighted by Crippen LogP contribution is 2.33. The van der Waals surface area contributed by atoms with Gasteiger partial charge >= 0.3 is 12.5 Å². The van der Waals surface area contributed by atoms with Gasteiger partial charge in [-0.3, -0.25) is 0 Å². The Bertz CT molecular complexity index is 540. The topological polar surface area (TPSA) is 49.8 Å². The molecule has 108 valence electrons. The van der Waals surface area contributed by atoms with E-state index < -0.39 is 12.5 Å². The minimum Gasteiger partial charge on any atom is -0.465 e. The highest BCUT2D eigenvalue weighted by molar-refractivity contribution is 5.74. The summed E-state index contributed by atoms with van der Waals surface area (Å²) in [6, 6.07) is 5.84. The van der Waals surface area contributed by atoms with Crippen LogP contribution in [0.3, 0.4) is 0 Å². The van der Waals surface area contributed by atoms with Gasteiger partial charge < -0.3 is 14.7 Å². The van der Waals surface area contributed by atoms with Crippen molar-refractivity contribution >= 4 is 11.7 Å². The first-order valence-electron chi connectivity index (χ1n) is 5.89. The molecule has 0 bridgehead atoms. The van der Waals surface area contributed by atoms with E-state index in [9.17, 15) is 18.0 Å². The summed E-state index contributed by atoms with van der Waals surface area (Å²) in [7, 11) is 0.